The minimum absolute atomic E-state index is 0.537. The van der Waals surface area contributed by atoms with Crippen LogP contribution < -0.4 is 5.32 Å². The molecule has 2 heterocycles. The molecule has 1 unspecified atom stereocenters. The van der Waals surface area contributed by atoms with E-state index in [-0.39, 0.29) is 0 Å². The Labute approximate surface area is 184 Å². The molecule has 1 N–H and O–H groups in total. The molecule has 3 aromatic rings. The van der Waals surface area contributed by atoms with Gasteiger partial charge >= 0.3 is 0 Å². The quantitative estimate of drug-likeness (QED) is 0.461. The lowest BCUT2D eigenvalue weighted by Crippen LogP contribution is -2.39. The highest BCUT2D eigenvalue weighted by atomic mass is 16.5. The van der Waals surface area contributed by atoms with E-state index in [1.165, 1.54) is 11.1 Å². The Morgan fingerprint density at radius 3 is 2.71 bits per heavy atom. The number of hydrogen-bond donors (Lipinski definition) is 1. The highest BCUT2D eigenvalue weighted by Crippen LogP contribution is 2.19. The fraction of sp³-hybridized carbons (Fsp3) is 0.308. The number of likely N-dealkylation sites (tertiary alicyclic amines) is 1. The molecular formula is C26H30N4O. The van der Waals surface area contributed by atoms with Crippen molar-refractivity contribution >= 4 is 5.96 Å². The van der Waals surface area contributed by atoms with Gasteiger partial charge in [-0.1, -0.05) is 54.6 Å². The lowest BCUT2D eigenvalue weighted by atomic mass is 10.1. The van der Waals surface area contributed by atoms with Crippen LogP contribution in [0.3, 0.4) is 0 Å². The molecule has 1 atom stereocenters. The molecule has 0 bridgehead atoms. The minimum Gasteiger partial charge on any atom is -0.376 e. The van der Waals surface area contributed by atoms with Crippen molar-refractivity contribution in [1.82, 2.24) is 15.2 Å². The topological polar surface area (TPSA) is 49.8 Å². The lowest BCUT2D eigenvalue weighted by molar-refractivity contribution is 0.0906. The van der Waals surface area contributed by atoms with Crippen molar-refractivity contribution in [3.8, 4) is 11.3 Å². The van der Waals surface area contributed by atoms with Gasteiger partial charge in [0.25, 0.3) is 0 Å². The number of nitrogens with one attached hydrogen (secondary N) is 1. The average molecular weight is 415 g/mol. The highest BCUT2D eigenvalue weighted by molar-refractivity contribution is 5.80. The Kier molecular flexibility index (Phi) is 7.29. The summed E-state index contributed by atoms with van der Waals surface area (Å²) in [5.41, 5.74) is 4.56. The van der Waals surface area contributed by atoms with Gasteiger partial charge in [-0.05, 0) is 35.7 Å². The number of nitrogens with zero attached hydrogens (tertiary/aromatic N) is 3. The standard InChI is InChI=1S/C26H30N4O/c1-27-26(29-17-22-10-7-11-24(16-22)25-12-5-6-14-28-25)30-15-13-23(18-30)20-31-19-21-8-3-2-4-9-21/h2-12,14,16,23H,13,15,17-20H2,1H3,(H,27,29). The Bertz CT molecular complexity index is 975. The number of rotatable bonds is 7. The summed E-state index contributed by atoms with van der Waals surface area (Å²) < 4.78 is 5.96. The van der Waals surface area contributed by atoms with Gasteiger partial charge < -0.3 is 15.0 Å². The van der Waals surface area contributed by atoms with E-state index in [2.05, 4.69) is 68.7 Å². The van der Waals surface area contributed by atoms with Crippen molar-refractivity contribution in [1.29, 1.82) is 0 Å². The summed E-state index contributed by atoms with van der Waals surface area (Å²) in [6, 6.07) is 24.9. The molecule has 1 aliphatic rings. The summed E-state index contributed by atoms with van der Waals surface area (Å²) >= 11 is 0. The van der Waals surface area contributed by atoms with E-state index in [0.717, 1.165) is 49.9 Å². The zero-order chi connectivity index (χ0) is 21.3. The van der Waals surface area contributed by atoms with Crippen molar-refractivity contribution in [3.05, 3.63) is 90.1 Å². The van der Waals surface area contributed by atoms with Gasteiger partial charge in [-0.2, -0.15) is 0 Å². The van der Waals surface area contributed by atoms with Crippen LogP contribution in [0, 0.1) is 5.92 Å². The molecule has 1 saturated heterocycles. The fourth-order valence-corrected chi connectivity index (χ4v) is 3.97. The molecule has 1 fully saturated rings. The van der Waals surface area contributed by atoms with Crippen LogP contribution in [0.5, 0.6) is 0 Å². The number of aliphatic imine (C=N–C) groups is 1. The van der Waals surface area contributed by atoms with E-state index in [1.807, 2.05) is 37.5 Å². The third-order valence-electron chi connectivity index (χ3n) is 5.60. The molecule has 0 saturated carbocycles. The average Bonchev–Trinajstić information content (AvgIpc) is 3.30. The number of aromatic nitrogens is 1. The number of hydrogen-bond acceptors (Lipinski definition) is 3. The van der Waals surface area contributed by atoms with Crippen LogP contribution in [0.15, 0.2) is 84.0 Å². The summed E-state index contributed by atoms with van der Waals surface area (Å²) in [5.74, 6) is 1.49. The van der Waals surface area contributed by atoms with E-state index in [4.69, 9.17) is 4.74 Å². The van der Waals surface area contributed by atoms with Crippen molar-refractivity contribution in [2.24, 2.45) is 10.9 Å². The first-order valence-electron chi connectivity index (χ1n) is 10.9. The van der Waals surface area contributed by atoms with E-state index >= 15 is 0 Å². The van der Waals surface area contributed by atoms with Gasteiger partial charge in [-0.15, -0.1) is 0 Å². The second-order valence-corrected chi connectivity index (χ2v) is 7.92. The molecule has 0 radical (unpaired) electrons. The predicted octanol–water partition coefficient (Wildman–Crippen LogP) is 4.36. The van der Waals surface area contributed by atoms with Gasteiger partial charge in [0, 0.05) is 44.4 Å². The van der Waals surface area contributed by atoms with Gasteiger partial charge in [0.1, 0.15) is 0 Å². The van der Waals surface area contributed by atoms with Gasteiger partial charge in [-0.25, -0.2) is 0 Å². The molecule has 5 nitrogen and oxygen atoms in total. The van der Waals surface area contributed by atoms with Crippen LogP contribution in [-0.4, -0.2) is 42.6 Å². The smallest absolute Gasteiger partial charge is 0.193 e. The van der Waals surface area contributed by atoms with Crippen LogP contribution >= 0.6 is 0 Å². The minimum atomic E-state index is 0.537. The van der Waals surface area contributed by atoms with E-state index < -0.39 is 0 Å². The maximum absolute atomic E-state index is 5.96. The molecule has 0 aliphatic carbocycles. The zero-order valence-corrected chi connectivity index (χ0v) is 18.1. The first-order chi connectivity index (χ1) is 15.3. The molecule has 1 aliphatic heterocycles. The third-order valence-corrected chi connectivity index (χ3v) is 5.60. The second kappa shape index (κ2) is 10.7. The Morgan fingerprint density at radius 2 is 1.90 bits per heavy atom. The molecule has 4 rings (SSSR count). The lowest BCUT2D eigenvalue weighted by Gasteiger charge is -2.22. The zero-order valence-electron chi connectivity index (χ0n) is 18.1. The Morgan fingerprint density at radius 1 is 1.06 bits per heavy atom. The largest absolute Gasteiger partial charge is 0.376 e. The summed E-state index contributed by atoms with van der Waals surface area (Å²) in [6.45, 7) is 4.18. The highest BCUT2D eigenvalue weighted by Gasteiger charge is 2.25. The number of guanidine groups is 1. The molecule has 0 amide bonds. The first kappa shape index (κ1) is 21.1. The third kappa shape index (κ3) is 5.92. The van der Waals surface area contributed by atoms with Gasteiger partial charge in [0.15, 0.2) is 5.96 Å². The fourth-order valence-electron chi connectivity index (χ4n) is 3.97. The number of benzene rings is 2. The van der Waals surface area contributed by atoms with Crippen LogP contribution in [0.1, 0.15) is 17.5 Å². The maximum Gasteiger partial charge on any atom is 0.193 e. The molecule has 31 heavy (non-hydrogen) atoms. The van der Waals surface area contributed by atoms with E-state index in [1.54, 1.807) is 0 Å². The second-order valence-electron chi connectivity index (χ2n) is 7.92. The molecule has 160 valence electrons. The monoisotopic (exact) mass is 414 g/mol. The summed E-state index contributed by atoms with van der Waals surface area (Å²) in [4.78, 5) is 11.3. The molecule has 5 heteroatoms. The van der Waals surface area contributed by atoms with Gasteiger partial charge in [-0.3, -0.25) is 9.98 Å². The van der Waals surface area contributed by atoms with Crippen LogP contribution in [0.2, 0.25) is 0 Å². The van der Waals surface area contributed by atoms with Crippen molar-refractivity contribution in [3.63, 3.8) is 0 Å². The van der Waals surface area contributed by atoms with E-state index in [0.29, 0.717) is 12.5 Å². The molecular weight excluding hydrogens is 384 g/mol. The van der Waals surface area contributed by atoms with Crippen molar-refractivity contribution < 1.29 is 4.74 Å². The van der Waals surface area contributed by atoms with Crippen molar-refractivity contribution in [2.75, 3.05) is 26.7 Å². The van der Waals surface area contributed by atoms with E-state index in [9.17, 15) is 0 Å². The SMILES string of the molecule is CN=C(NCc1cccc(-c2ccccn2)c1)N1CCC(COCc2ccccc2)C1. The molecule has 0 spiro atoms. The van der Waals surface area contributed by atoms with Crippen LogP contribution in [-0.2, 0) is 17.9 Å². The number of pyridine rings is 1. The summed E-state index contributed by atoms with van der Waals surface area (Å²) in [7, 11) is 1.85. The summed E-state index contributed by atoms with van der Waals surface area (Å²) in [6.07, 6.45) is 2.96. The predicted molar refractivity (Wildman–Crippen MR) is 126 cm³/mol. The molecule has 2 aromatic carbocycles. The van der Waals surface area contributed by atoms with Gasteiger partial charge in [0.05, 0.1) is 18.9 Å². The summed E-state index contributed by atoms with van der Waals surface area (Å²) in [5, 5.41) is 3.52. The Balaban J connectivity index is 1.26. The maximum atomic E-state index is 5.96. The normalized spacial score (nSPS) is 16.5. The van der Waals surface area contributed by atoms with Crippen molar-refractivity contribution in [2.45, 2.75) is 19.6 Å². The Hall–Kier alpha value is -3.18. The van der Waals surface area contributed by atoms with Crippen LogP contribution in [0.25, 0.3) is 11.3 Å². The number of ether oxygens (including phenoxy) is 1. The molecule has 1 aromatic heterocycles. The first-order valence-corrected chi connectivity index (χ1v) is 10.9. The van der Waals surface area contributed by atoms with Crippen LogP contribution in [0.4, 0.5) is 0 Å². The van der Waals surface area contributed by atoms with Gasteiger partial charge in [0.2, 0.25) is 0 Å².